The lowest BCUT2D eigenvalue weighted by Gasteiger charge is -2.28. The van der Waals surface area contributed by atoms with Crippen molar-refractivity contribution >= 4 is 11.9 Å². The normalized spacial score (nSPS) is 20.6. The van der Waals surface area contributed by atoms with Gasteiger partial charge in [0.15, 0.2) is 0 Å². The Morgan fingerprint density at radius 3 is 2.11 bits per heavy atom. The molecule has 1 saturated heterocycles. The smallest absolute Gasteiger partial charge is 0.320 e. The fraction of sp³-hybridized carbons (Fsp3) is 0.316. The lowest BCUT2D eigenvalue weighted by atomic mass is 9.91. The fourth-order valence-corrected chi connectivity index (χ4v) is 6.82. The molecule has 4 aromatic carbocycles. The van der Waals surface area contributed by atoms with Gasteiger partial charge < -0.3 is 25.3 Å². The predicted molar refractivity (Wildman–Crippen MR) is 174 cm³/mol. The second kappa shape index (κ2) is 14.1. The molecule has 1 heterocycles. The number of aliphatic hydroxyl groups is 2. The quantitative estimate of drug-likeness (QED) is 0.214. The van der Waals surface area contributed by atoms with Crippen molar-refractivity contribution in [3.63, 3.8) is 0 Å². The van der Waals surface area contributed by atoms with E-state index in [1.165, 1.54) is 0 Å². The number of urea groups is 1. The highest BCUT2D eigenvalue weighted by Crippen LogP contribution is 2.32. The molecule has 45 heavy (non-hydrogen) atoms. The number of carbonyl (C=O) groups excluding carboxylic acids is 2. The van der Waals surface area contributed by atoms with Gasteiger partial charge in [-0.25, -0.2) is 4.79 Å². The van der Waals surface area contributed by atoms with E-state index >= 15 is 0 Å². The SMILES string of the molecule is O=C(NC1c2ccccc2C[C@H]1O)[C@H](Cc1ccccc1)C[C@H](O)CN1C(=O)N(Cc2ccccc2)CC1Cc1ccccc1. The van der Waals surface area contributed by atoms with E-state index in [-0.39, 0.29) is 30.9 Å². The molecule has 1 aliphatic heterocycles. The minimum absolute atomic E-state index is 0.103. The Bertz CT molecular complexity index is 1570. The molecule has 0 aromatic heterocycles. The summed E-state index contributed by atoms with van der Waals surface area (Å²) in [7, 11) is 0. The first kappa shape index (κ1) is 30.6. The number of hydrogen-bond donors (Lipinski definition) is 3. The Morgan fingerprint density at radius 2 is 1.42 bits per heavy atom. The third-order valence-electron chi connectivity index (χ3n) is 9.08. The number of rotatable bonds is 12. The second-order valence-corrected chi connectivity index (χ2v) is 12.4. The van der Waals surface area contributed by atoms with Gasteiger partial charge >= 0.3 is 6.03 Å². The molecule has 0 radical (unpaired) electrons. The van der Waals surface area contributed by atoms with Gasteiger partial charge in [-0.2, -0.15) is 0 Å². The van der Waals surface area contributed by atoms with Gasteiger partial charge in [-0.15, -0.1) is 0 Å². The summed E-state index contributed by atoms with van der Waals surface area (Å²) in [4.78, 5) is 31.2. The summed E-state index contributed by atoms with van der Waals surface area (Å²) >= 11 is 0. The lowest BCUT2D eigenvalue weighted by Crippen LogP contribution is -2.44. The van der Waals surface area contributed by atoms with Gasteiger partial charge in [0.1, 0.15) is 0 Å². The number of fused-ring (bicyclic) bond motifs is 1. The van der Waals surface area contributed by atoms with E-state index in [2.05, 4.69) is 17.4 Å². The topological polar surface area (TPSA) is 93.1 Å². The van der Waals surface area contributed by atoms with Gasteiger partial charge in [0.25, 0.3) is 0 Å². The summed E-state index contributed by atoms with van der Waals surface area (Å²) < 4.78 is 0. The van der Waals surface area contributed by atoms with Crippen LogP contribution in [-0.4, -0.2) is 63.3 Å². The van der Waals surface area contributed by atoms with Crippen LogP contribution < -0.4 is 5.32 Å². The molecule has 5 atom stereocenters. The molecule has 2 unspecified atom stereocenters. The van der Waals surface area contributed by atoms with Gasteiger partial charge in [0.05, 0.1) is 24.3 Å². The van der Waals surface area contributed by atoms with Gasteiger partial charge in [0, 0.05) is 32.0 Å². The molecule has 7 heteroatoms. The standard InChI is InChI=1S/C38H41N3O4/c42-33(26-41-32(21-28-14-6-2-7-15-28)25-40(38(41)45)24-29-16-8-3-9-17-29)22-31(20-27-12-4-1-5-13-27)37(44)39-36-34-19-11-10-18-30(34)23-35(36)43/h1-19,31-33,35-36,42-43H,20-26H2,(H,39,44)/t31-,32?,33+,35-,36?/m1/s1. The molecular weight excluding hydrogens is 562 g/mol. The van der Waals surface area contributed by atoms with Gasteiger partial charge in [-0.1, -0.05) is 115 Å². The largest absolute Gasteiger partial charge is 0.391 e. The summed E-state index contributed by atoms with van der Waals surface area (Å²) in [6.45, 7) is 1.19. The number of β-amino-alcohol motifs (C(OH)–C–C–N with tert-alkyl or cyclic N) is 1. The number of hydrogen-bond acceptors (Lipinski definition) is 4. The molecule has 3 amide bonds. The predicted octanol–water partition coefficient (Wildman–Crippen LogP) is 4.92. The highest BCUT2D eigenvalue weighted by molar-refractivity contribution is 5.80. The second-order valence-electron chi connectivity index (χ2n) is 12.4. The molecule has 7 nitrogen and oxygen atoms in total. The number of carbonyl (C=O) groups is 2. The van der Waals surface area contributed by atoms with E-state index in [9.17, 15) is 19.8 Å². The molecule has 0 spiro atoms. The van der Waals surface area contributed by atoms with Crippen LogP contribution in [0.3, 0.4) is 0 Å². The number of nitrogens with zero attached hydrogens (tertiary/aromatic N) is 2. The zero-order valence-electron chi connectivity index (χ0n) is 25.4. The summed E-state index contributed by atoms with van der Waals surface area (Å²) in [6, 6.07) is 36.9. The monoisotopic (exact) mass is 603 g/mol. The van der Waals surface area contributed by atoms with E-state index in [0.29, 0.717) is 32.4 Å². The van der Waals surface area contributed by atoms with Crippen molar-refractivity contribution in [2.45, 2.75) is 56.5 Å². The summed E-state index contributed by atoms with van der Waals surface area (Å²) in [6.07, 6.45) is 0.181. The first-order chi connectivity index (χ1) is 21.9. The molecule has 1 aliphatic carbocycles. The summed E-state index contributed by atoms with van der Waals surface area (Å²) in [5.41, 5.74) is 5.15. The molecular formula is C38H41N3O4. The van der Waals surface area contributed by atoms with Crippen LogP contribution >= 0.6 is 0 Å². The molecule has 232 valence electrons. The average molecular weight is 604 g/mol. The molecule has 6 rings (SSSR count). The zero-order chi connectivity index (χ0) is 31.2. The number of aliphatic hydroxyl groups excluding tert-OH is 2. The van der Waals surface area contributed by atoms with Crippen molar-refractivity contribution in [2.75, 3.05) is 13.1 Å². The minimum atomic E-state index is -0.913. The van der Waals surface area contributed by atoms with Crippen LogP contribution in [0.15, 0.2) is 115 Å². The van der Waals surface area contributed by atoms with Crippen LogP contribution in [0.2, 0.25) is 0 Å². The van der Waals surface area contributed by atoms with Crippen molar-refractivity contribution in [3.05, 3.63) is 143 Å². The average Bonchev–Trinajstić information content (AvgIpc) is 3.52. The van der Waals surface area contributed by atoms with Crippen molar-refractivity contribution in [2.24, 2.45) is 5.92 Å². The zero-order valence-corrected chi connectivity index (χ0v) is 25.4. The number of amides is 3. The summed E-state index contributed by atoms with van der Waals surface area (Å²) in [5, 5.41) is 25.4. The Labute approximate surface area is 265 Å². The first-order valence-corrected chi connectivity index (χ1v) is 15.9. The van der Waals surface area contributed by atoms with E-state index < -0.39 is 24.2 Å². The highest BCUT2D eigenvalue weighted by Gasteiger charge is 2.39. The van der Waals surface area contributed by atoms with Crippen LogP contribution in [-0.2, 0) is 30.6 Å². The Kier molecular flexibility index (Phi) is 9.58. The molecule has 4 aromatic rings. The van der Waals surface area contributed by atoms with Crippen LogP contribution in [0.25, 0.3) is 0 Å². The molecule has 3 N–H and O–H groups in total. The van der Waals surface area contributed by atoms with Crippen LogP contribution in [0.1, 0.15) is 40.3 Å². The highest BCUT2D eigenvalue weighted by atomic mass is 16.3. The van der Waals surface area contributed by atoms with Gasteiger partial charge in [-0.3, -0.25) is 4.79 Å². The van der Waals surface area contributed by atoms with Gasteiger partial charge in [-0.05, 0) is 47.1 Å². The third-order valence-corrected chi connectivity index (χ3v) is 9.08. The Balaban J connectivity index is 1.18. The van der Waals surface area contributed by atoms with Gasteiger partial charge in [0.2, 0.25) is 5.91 Å². The van der Waals surface area contributed by atoms with Crippen LogP contribution in [0.4, 0.5) is 4.79 Å². The van der Waals surface area contributed by atoms with E-state index in [4.69, 9.17) is 0 Å². The van der Waals surface area contributed by atoms with Crippen molar-refractivity contribution in [1.29, 1.82) is 0 Å². The lowest BCUT2D eigenvalue weighted by molar-refractivity contribution is -0.127. The molecule has 1 fully saturated rings. The minimum Gasteiger partial charge on any atom is -0.391 e. The van der Waals surface area contributed by atoms with Crippen LogP contribution in [0.5, 0.6) is 0 Å². The van der Waals surface area contributed by atoms with Crippen molar-refractivity contribution < 1.29 is 19.8 Å². The first-order valence-electron chi connectivity index (χ1n) is 15.9. The van der Waals surface area contributed by atoms with Crippen molar-refractivity contribution in [1.82, 2.24) is 15.1 Å². The molecule has 0 bridgehead atoms. The number of nitrogens with one attached hydrogen (secondary N) is 1. The van der Waals surface area contributed by atoms with E-state index in [0.717, 1.165) is 27.8 Å². The van der Waals surface area contributed by atoms with E-state index in [1.807, 2.05) is 108 Å². The molecule has 2 aliphatic rings. The Morgan fingerprint density at radius 1 is 0.822 bits per heavy atom. The maximum absolute atomic E-state index is 13.8. The summed E-state index contributed by atoms with van der Waals surface area (Å²) in [5.74, 6) is -0.758. The van der Waals surface area contributed by atoms with Crippen molar-refractivity contribution in [3.8, 4) is 0 Å². The van der Waals surface area contributed by atoms with Crippen LogP contribution in [0, 0.1) is 5.92 Å². The molecule has 0 saturated carbocycles. The maximum Gasteiger partial charge on any atom is 0.320 e. The number of benzene rings is 4. The maximum atomic E-state index is 13.8. The fourth-order valence-electron chi connectivity index (χ4n) is 6.82. The Hall–Kier alpha value is -4.46. The third kappa shape index (κ3) is 7.44. The van der Waals surface area contributed by atoms with E-state index in [1.54, 1.807) is 4.90 Å².